The molecule has 0 unspecified atom stereocenters. The van der Waals surface area contributed by atoms with Gasteiger partial charge in [0.05, 0.1) is 5.56 Å². The summed E-state index contributed by atoms with van der Waals surface area (Å²) < 4.78 is 5.55. The molecule has 0 aliphatic heterocycles. The topological polar surface area (TPSA) is 71.3 Å². The van der Waals surface area contributed by atoms with E-state index in [-0.39, 0.29) is 29.8 Å². The quantitative estimate of drug-likeness (QED) is 0.792. The summed E-state index contributed by atoms with van der Waals surface area (Å²) >= 11 is 0. The van der Waals surface area contributed by atoms with Crippen LogP contribution in [0.4, 0.5) is 0 Å². The standard InChI is InChI=1S/C24H30N2O3/c1-2-15-3-4-21-19(11-15)20(14-29-21)23(28)26-18-12-17(13-18)25-22(27)16-5-7-24(8-6-16)9-10-24/h3-4,11,14,16-18H,2,5-10,12-13H2,1H3,(H,25,27)(H,26,28). The fraction of sp³-hybridized carbons (Fsp3) is 0.583. The van der Waals surface area contributed by atoms with Crippen molar-refractivity contribution in [2.45, 2.75) is 76.8 Å². The first-order chi connectivity index (χ1) is 14.0. The summed E-state index contributed by atoms with van der Waals surface area (Å²) in [5.41, 5.74) is 3.15. The Labute approximate surface area is 171 Å². The largest absolute Gasteiger partial charge is 0.463 e. The summed E-state index contributed by atoms with van der Waals surface area (Å²) in [4.78, 5) is 25.3. The molecule has 3 saturated carbocycles. The summed E-state index contributed by atoms with van der Waals surface area (Å²) in [7, 11) is 0. The molecule has 3 aliphatic carbocycles. The number of fused-ring (bicyclic) bond motifs is 1. The van der Waals surface area contributed by atoms with Crippen molar-refractivity contribution in [3.8, 4) is 0 Å². The minimum absolute atomic E-state index is 0.0891. The first kappa shape index (κ1) is 18.7. The monoisotopic (exact) mass is 394 g/mol. The molecule has 29 heavy (non-hydrogen) atoms. The number of benzene rings is 1. The van der Waals surface area contributed by atoms with Gasteiger partial charge in [-0.1, -0.05) is 13.0 Å². The van der Waals surface area contributed by atoms with Gasteiger partial charge in [-0.3, -0.25) is 9.59 Å². The van der Waals surface area contributed by atoms with Gasteiger partial charge in [-0.05, 0) is 80.9 Å². The van der Waals surface area contributed by atoms with Crippen LogP contribution in [0.25, 0.3) is 11.0 Å². The van der Waals surface area contributed by atoms with Crippen molar-refractivity contribution >= 4 is 22.8 Å². The average molecular weight is 395 g/mol. The molecule has 0 radical (unpaired) electrons. The number of rotatable bonds is 5. The number of carbonyl (C=O) groups excluding carboxylic acids is 2. The molecule has 2 aromatic rings. The number of amides is 2. The molecule has 5 rings (SSSR count). The molecule has 0 bridgehead atoms. The third-order valence-corrected chi connectivity index (χ3v) is 7.48. The van der Waals surface area contributed by atoms with Crippen molar-refractivity contribution < 1.29 is 14.0 Å². The van der Waals surface area contributed by atoms with Gasteiger partial charge >= 0.3 is 0 Å². The van der Waals surface area contributed by atoms with Gasteiger partial charge < -0.3 is 15.1 Å². The first-order valence-electron chi connectivity index (χ1n) is 11.2. The minimum atomic E-state index is -0.0891. The Morgan fingerprint density at radius 2 is 1.79 bits per heavy atom. The molecule has 0 saturated heterocycles. The van der Waals surface area contributed by atoms with E-state index in [0.29, 0.717) is 11.0 Å². The van der Waals surface area contributed by atoms with E-state index in [2.05, 4.69) is 17.6 Å². The van der Waals surface area contributed by atoms with Crippen LogP contribution in [0.1, 0.15) is 74.2 Å². The highest BCUT2D eigenvalue weighted by Crippen LogP contribution is 2.57. The number of aryl methyl sites for hydroxylation is 1. The van der Waals surface area contributed by atoms with Crippen molar-refractivity contribution in [1.29, 1.82) is 0 Å². The van der Waals surface area contributed by atoms with Gasteiger partial charge in [0.2, 0.25) is 5.91 Å². The molecule has 154 valence electrons. The maximum atomic E-state index is 12.7. The van der Waals surface area contributed by atoms with Gasteiger partial charge in [0.1, 0.15) is 11.8 Å². The van der Waals surface area contributed by atoms with Crippen molar-refractivity contribution in [2.24, 2.45) is 11.3 Å². The van der Waals surface area contributed by atoms with Crippen LogP contribution in [0.2, 0.25) is 0 Å². The summed E-state index contributed by atoms with van der Waals surface area (Å²) in [5.74, 6) is 0.330. The van der Waals surface area contributed by atoms with E-state index in [1.54, 1.807) is 6.26 Å². The lowest BCUT2D eigenvalue weighted by Crippen LogP contribution is -2.54. The lowest BCUT2D eigenvalue weighted by atomic mass is 9.78. The second-order valence-corrected chi connectivity index (χ2v) is 9.46. The van der Waals surface area contributed by atoms with Gasteiger partial charge in [-0.2, -0.15) is 0 Å². The Balaban J connectivity index is 1.11. The number of hydrogen-bond acceptors (Lipinski definition) is 3. The maximum absolute atomic E-state index is 12.7. The molecule has 2 N–H and O–H groups in total. The molecule has 1 spiro atoms. The zero-order chi connectivity index (χ0) is 20.0. The maximum Gasteiger partial charge on any atom is 0.255 e. The van der Waals surface area contributed by atoms with Crippen LogP contribution in [0, 0.1) is 11.3 Å². The van der Waals surface area contributed by atoms with E-state index in [9.17, 15) is 9.59 Å². The van der Waals surface area contributed by atoms with Crippen molar-refractivity contribution in [2.75, 3.05) is 0 Å². The van der Waals surface area contributed by atoms with Crippen LogP contribution in [-0.2, 0) is 11.2 Å². The highest BCUT2D eigenvalue weighted by atomic mass is 16.3. The van der Waals surface area contributed by atoms with Crippen molar-refractivity contribution in [1.82, 2.24) is 10.6 Å². The smallest absolute Gasteiger partial charge is 0.255 e. The van der Waals surface area contributed by atoms with Gasteiger partial charge in [0.15, 0.2) is 0 Å². The molecule has 3 aliphatic rings. The van der Waals surface area contributed by atoms with E-state index in [4.69, 9.17) is 4.42 Å². The van der Waals surface area contributed by atoms with E-state index in [1.165, 1.54) is 31.2 Å². The Kier molecular flexibility index (Phi) is 4.64. The SMILES string of the molecule is CCc1ccc2occ(C(=O)NC3CC(NC(=O)C4CCC5(CC4)CC5)C3)c2c1. The molecule has 0 atom stereocenters. The number of carbonyl (C=O) groups is 2. The Morgan fingerprint density at radius 1 is 1.07 bits per heavy atom. The second kappa shape index (κ2) is 7.19. The fourth-order valence-electron chi connectivity index (χ4n) is 5.08. The zero-order valence-electron chi connectivity index (χ0n) is 17.1. The summed E-state index contributed by atoms with van der Waals surface area (Å²) in [6, 6.07) is 6.30. The zero-order valence-corrected chi connectivity index (χ0v) is 17.1. The van der Waals surface area contributed by atoms with Gasteiger partial charge in [-0.25, -0.2) is 0 Å². The minimum Gasteiger partial charge on any atom is -0.463 e. The molecular weight excluding hydrogens is 364 g/mol. The second-order valence-electron chi connectivity index (χ2n) is 9.46. The predicted molar refractivity (Wildman–Crippen MR) is 112 cm³/mol. The molecule has 5 nitrogen and oxygen atoms in total. The fourth-order valence-corrected chi connectivity index (χ4v) is 5.08. The van der Waals surface area contributed by atoms with Gasteiger partial charge in [0.25, 0.3) is 5.91 Å². The highest BCUT2D eigenvalue weighted by Gasteiger charge is 2.46. The summed E-state index contributed by atoms with van der Waals surface area (Å²) in [5, 5.41) is 7.18. The molecule has 5 heteroatoms. The van der Waals surface area contributed by atoms with Crippen LogP contribution in [0.5, 0.6) is 0 Å². The van der Waals surface area contributed by atoms with Crippen LogP contribution in [0.15, 0.2) is 28.9 Å². The Hall–Kier alpha value is -2.30. The first-order valence-corrected chi connectivity index (χ1v) is 11.2. The van der Waals surface area contributed by atoms with Crippen LogP contribution in [0.3, 0.4) is 0 Å². The van der Waals surface area contributed by atoms with Crippen LogP contribution >= 0.6 is 0 Å². The normalized spacial score (nSPS) is 25.6. The van der Waals surface area contributed by atoms with Gasteiger partial charge in [-0.15, -0.1) is 0 Å². The van der Waals surface area contributed by atoms with E-state index in [1.807, 2.05) is 18.2 Å². The molecule has 3 fully saturated rings. The Morgan fingerprint density at radius 3 is 2.48 bits per heavy atom. The average Bonchev–Trinajstić information content (AvgIpc) is 3.32. The third-order valence-electron chi connectivity index (χ3n) is 7.48. The molecule has 1 aromatic heterocycles. The number of hydrogen-bond donors (Lipinski definition) is 2. The lowest BCUT2D eigenvalue weighted by Gasteiger charge is -2.37. The highest BCUT2D eigenvalue weighted by molar-refractivity contribution is 6.06. The molecular formula is C24H30N2O3. The summed E-state index contributed by atoms with van der Waals surface area (Å²) in [6.07, 6.45) is 11.4. The Bertz CT molecular complexity index is 927. The van der Waals surface area contributed by atoms with E-state index < -0.39 is 0 Å². The van der Waals surface area contributed by atoms with Crippen molar-refractivity contribution in [3.63, 3.8) is 0 Å². The lowest BCUT2D eigenvalue weighted by molar-refractivity contribution is -0.127. The third kappa shape index (κ3) is 3.67. The predicted octanol–water partition coefficient (Wildman–Crippen LogP) is 4.34. The van der Waals surface area contributed by atoms with E-state index in [0.717, 1.165) is 43.1 Å². The number of furan rings is 1. The van der Waals surface area contributed by atoms with E-state index >= 15 is 0 Å². The number of nitrogens with one attached hydrogen (secondary N) is 2. The molecule has 1 aromatic carbocycles. The van der Waals surface area contributed by atoms with Crippen LogP contribution < -0.4 is 10.6 Å². The van der Waals surface area contributed by atoms with Crippen LogP contribution in [-0.4, -0.2) is 23.9 Å². The summed E-state index contributed by atoms with van der Waals surface area (Å²) in [6.45, 7) is 2.10. The molecule has 1 heterocycles. The van der Waals surface area contributed by atoms with Gasteiger partial charge in [0, 0.05) is 23.4 Å². The molecule has 2 amide bonds. The van der Waals surface area contributed by atoms with Crippen molar-refractivity contribution in [3.05, 3.63) is 35.6 Å².